The number of nitrogens with two attached hydrogens (primary N) is 3. The molecule has 0 saturated carbocycles. The predicted molar refractivity (Wildman–Crippen MR) is 95.0 cm³/mol. The van der Waals surface area contributed by atoms with Crippen molar-refractivity contribution in [2.24, 2.45) is 5.73 Å². The molecule has 3 rings (SSSR count). The Bertz CT molecular complexity index is 759. The van der Waals surface area contributed by atoms with Crippen LogP contribution in [0.25, 0.3) is 5.57 Å². The summed E-state index contributed by atoms with van der Waals surface area (Å²) in [6, 6.07) is 8.04. The molecule has 0 saturated heterocycles. The molecule has 1 unspecified atom stereocenters. The van der Waals surface area contributed by atoms with Gasteiger partial charge in [-0.05, 0) is 36.8 Å². The van der Waals surface area contributed by atoms with Gasteiger partial charge in [0.25, 0.3) is 0 Å². The molecule has 22 heavy (non-hydrogen) atoms. The minimum absolute atomic E-state index is 0.132. The molecule has 6 nitrogen and oxygen atoms in total. The number of hydrogen-bond acceptors (Lipinski definition) is 7. The molecule has 0 aliphatic carbocycles. The first-order valence-corrected chi connectivity index (χ1v) is 8.16. The number of nitrogens with zero attached hydrogens (tertiary/aromatic N) is 2. The van der Waals surface area contributed by atoms with E-state index in [0.29, 0.717) is 11.6 Å². The Hall–Kier alpha value is -1.77. The average molecular weight is 379 g/mol. The number of nitrogen functional groups attached to an aromatic ring is 2. The third-order valence-electron chi connectivity index (χ3n) is 3.32. The summed E-state index contributed by atoms with van der Waals surface area (Å²) in [5, 5.41) is 3.13. The van der Waals surface area contributed by atoms with E-state index in [2.05, 4.69) is 31.2 Å². The molecule has 1 aliphatic rings. The van der Waals surface area contributed by atoms with Crippen LogP contribution in [-0.4, -0.2) is 16.1 Å². The van der Waals surface area contributed by atoms with Crippen molar-refractivity contribution in [1.82, 2.24) is 9.97 Å². The number of fused-ring (bicyclic) bond motifs is 1. The number of halogens is 1. The van der Waals surface area contributed by atoms with Gasteiger partial charge in [0.2, 0.25) is 5.95 Å². The van der Waals surface area contributed by atoms with Gasteiger partial charge in [-0.3, -0.25) is 0 Å². The first kappa shape index (κ1) is 15.1. The van der Waals surface area contributed by atoms with Crippen LogP contribution in [0.15, 0.2) is 38.5 Å². The van der Waals surface area contributed by atoms with Gasteiger partial charge in [-0.2, -0.15) is 9.97 Å². The van der Waals surface area contributed by atoms with E-state index in [-0.39, 0.29) is 12.1 Å². The largest absolute Gasteiger partial charge is 0.383 e. The Morgan fingerprint density at radius 1 is 1.18 bits per heavy atom. The monoisotopic (exact) mass is 378 g/mol. The fourth-order valence-electron chi connectivity index (χ4n) is 2.31. The Balaban J connectivity index is 2.04. The average Bonchev–Trinajstić information content (AvgIpc) is 2.44. The number of benzene rings is 1. The number of aromatic nitrogens is 2. The standard InChI is InChI=1S/C14H15BrN6S/c1-6-9-11(16)20-14(18)21-13(9)19-12(17)10(6)22-8-4-2-7(15)3-5-8/h2-5,12H,17H2,1H3,(H5,16,18,19,20,21). The molecule has 1 aliphatic heterocycles. The van der Waals surface area contributed by atoms with Crippen molar-refractivity contribution in [3.05, 3.63) is 39.2 Å². The fourth-order valence-corrected chi connectivity index (χ4v) is 3.54. The normalized spacial score (nSPS) is 17.1. The van der Waals surface area contributed by atoms with E-state index in [1.54, 1.807) is 11.8 Å². The third-order valence-corrected chi connectivity index (χ3v) is 5.13. The molecule has 7 N–H and O–H groups in total. The number of anilines is 3. The van der Waals surface area contributed by atoms with Crippen molar-refractivity contribution in [2.75, 3.05) is 16.8 Å². The smallest absolute Gasteiger partial charge is 0.223 e. The highest BCUT2D eigenvalue weighted by Crippen LogP contribution is 2.41. The summed E-state index contributed by atoms with van der Waals surface area (Å²) in [6.45, 7) is 1.97. The van der Waals surface area contributed by atoms with Gasteiger partial charge in [0, 0.05) is 14.3 Å². The maximum Gasteiger partial charge on any atom is 0.223 e. The topological polar surface area (TPSA) is 116 Å². The van der Waals surface area contributed by atoms with Gasteiger partial charge in [0.15, 0.2) is 0 Å². The van der Waals surface area contributed by atoms with Gasteiger partial charge in [-0.15, -0.1) is 0 Å². The van der Waals surface area contributed by atoms with Gasteiger partial charge >= 0.3 is 0 Å². The van der Waals surface area contributed by atoms with E-state index in [9.17, 15) is 0 Å². The first-order chi connectivity index (χ1) is 10.5. The number of allylic oxidation sites excluding steroid dienone is 1. The molecule has 2 aromatic rings. The van der Waals surface area contributed by atoms with E-state index in [4.69, 9.17) is 17.2 Å². The van der Waals surface area contributed by atoms with Crippen LogP contribution in [0.1, 0.15) is 12.5 Å². The van der Waals surface area contributed by atoms with E-state index in [0.717, 1.165) is 25.4 Å². The zero-order chi connectivity index (χ0) is 15.9. The van der Waals surface area contributed by atoms with E-state index in [1.165, 1.54) is 0 Å². The SMILES string of the molecule is CC1=C(Sc2ccc(Br)cc2)C(N)Nc2nc(N)nc(N)c21. The Morgan fingerprint density at radius 3 is 2.55 bits per heavy atom. The molecular weight excluding hydrogens is 364 g/mol. The van der Waals surface area contributed by atoms with Crippen molar-refractivity contribution >= 4 is 50.8 Å². The lowest BCUT2D eigenvalue weighted by atomic mass is 10.0. The van der Waals surface area contributed by atoms with Crippen molar-refractivity contribution < 1.29 is 0 Å². The molecular formula is C14H15BrN6S. The van der Waals surface area contributed by atoms with Crippen LogP contribution in [0.3, 0.4) is 0 Å². The lowest BCUT2D eigenvalue weighted by Gasteiger charge is -2.28. The van der Waals surface area contributed by atoms with Crippen LogP contribution < -0.4 is 22.5 Å². The van der Waals surface area contributed by atoms with Crippen LogP contribution in [0.4, 0.5) is 17.6 Å². The number of thioether (sulfide) groups is 1. The van der Waals surface area contributed by atoms with E-state index >= 15 is 0 Å². The lowest BCUT2D eigenvalue weighted by molar-refractivity contribution is 0.900. The quantitative estimate of drug-likeness (QED) is 0.634. The van der Waals surface area contributed by atoms with Crippen LogP contribution >= 0.6 is 27.7 Å². The van der Waals surface area contributed by atoms with Gasteiger partial charge < -0.3 is 22.5 Å². The Kier molecular flexibility index (Phi) is 3.98. The number of hydrogen-bond donors (Lipinski definition) is 4. The second kappa shape index (κ2) is 5.79. The molecule has 0 amide bonds. The zero-order valence-electron chi connectivity index (χ0n) is 11.8. The van der Waals surface area contributed by atoms with Crippen molar-refractivity contribution in [2.45, 2.75) is 18.0 Å². The van der Waals surface area contributed by atoms with Crippen molar-refractivity contribution in [3.63, 3.8) is 0 Å². The summed E-state index contributed by atoms with van der Waals surface area (Å²) in [7, 11) is 0. The van der Waals surface area contributed by atoms with E-state index in [1.807, 2.05) is 31.2 Å². The van der Waals surface area contributed by atoms with Crippen molar-refractivity contribution in [3.8, 4) is 0 Å². The summed E-state index contributed by atoms with van der Waals surface area (Å²) in [5.41, 5.74) is 19.6. The second-order valence-electron chi connectivity index (χ2n) is 4.86. The summed E-state index contributed by atoms with van der Waals surface area (Å²) >= 11 is 5.02. The number of nitrogens with one attached hydrogen (secondary N) is 1. The molecule has 0 fully saturated rings. The third kappa shape index (κ3) is 2.77. The van der Waals surface area contributed by atoms with Crippen molar-refractivity contribution in [1.29, 1.82) is 0 Å². The van der Waals surface area contributed by atoms with Gasteiger partial charge in [-0.1, -0.05) is 27.7 Å². The van der Waals surface area contributed by atoms with E-state index < -0.39 is 0 Å². The lowest BCUT2D eigenvalue weighted by Crippen LogP contribution is -2.35. The summed E-state index contributed by atoms with van der Waals surface area (Å²) < 4.78 is 1.03. The molecule has 8 heteroatoms. The molecule has 0 radical (unpaired) electrons. The molecule has 0 spiro atoms. The minimum atomic E-state index is -0.366. The van der Waals surface area contributed by atoms with Gasteiger partial charge in [0.05, 0.1) is 5.56 Å². The molecule has 1 aromatic carbocycles. The zero-order valence-corrected chi connectivity index (χ0v) is 14.2. The highest BCUT2D eigenvalue weighted by molar-refractivity contribution is 9.10. The maximum atomic E-state index is 6.22. The molecule has 2 heterocycles. The predicted octanol–water partition coefficient (Wildman–Crippen LogP) is 2.64. The highest BCUT2D eigenvalue weighted by atomic mass is 79.9. The Labute approximate surface area is 140 Å². The minimum Gasteiger partial charge on any atom is -0.383 e. The summed E-state index contributed by atoms with van der Waals surface area (Å²) in [5.74, 6) is 1.07. The van der Waals surface area contributed by atoms with Gasteiger partial charge in [-0.25, -0.2) is 0 Å². The molecule has 1 atom stereocenters. The highest BCUT2D eigenvalue weighted by Gasteiger charge is 2.26. The maximum absolute atomic E-state index is 6.22. The number of rotatable bonds is 2. The Morgan fingerprint density at radius 2 is 1.86 bits per heavy atom. The van der Waals surface area contributed by atoms with Crippen LogP contribution in [0.2, 0.25) is 0 Å². The van der Waals surface area contributed by atoms with Crippen LogP contribution in [0, 0.1) is 0 Å². The summed E-state index contributed by atoms with van der Waals surface area (Å²) in [4.78, 5) is 10.3. The fraction of sp³-hybridized carbons (Fsp3) is 0.143. The summed E-state index contributed by atoms with van der Waals surface area (Å²) in [6.07, 6.45) is -0.366. The first-order valence-electron chi connectivity index (χ1n) is 6.55. The van der Waals surface area contributed by atoms with Crippen LogP contribution in [0.5, 0.6) is 0 Å². The molecule has 1 aromatic heterocycles. The van der Waals surface area contributed by atoms with Gasteiger partial charge in [0.1, 0.15) is 17.8 Å². The molecule has 0 bridgehead atoms. The second-order valence-corrected chi connectivity index (χ2v) is 6.89. The molecule has 114 valence electrons. The van der Waals surface area contributed by atoms with Crippen LogP contribution in [-0.2, 0) is 0 Å².